The van der Waals surface area contributed by atoms with Crippen molar-refractivity contribution in [3.8, 4) is 5.75 Å². The van der Waals surface area contributed by atoms with Gasteiger partial charge in [0, 0.05) is 11.1 Å². The molecule has 0 saturated carbocycles. The lowest BCUT2D eigenvalue weighted by Gasteiger charge is -2.11. The second kappa shape index (κ2) is 5.66. The molecule has 1 heterocycles. The van der Waals surface area contributed by atoms with Crippen LogP contribution in [0.3, 0.4) is 0 Å². The number of carbonyl (C=O) groups excluding carboxylic acids is 1. The highest BCUT2D eigenvalue weighted by Gasteiger charge is 2.19. The largest absolute Gasteiger partial charge is 0.483 e. The van der Waals surface area contributed by atoms with Crippen molar-refractivity contribution in [1.82, 2.24) is 9.71 Å². The van der Waals surface area contributed by atoms with E-state index >= 15 is 0 Å². The van der Waals surface area contributed by atoms with Crippen molar-refractivity contribution in [2.45, 2.75) is 11.8 Å². The average molecular weight is 309 g/mol. The molecule has 0 atom stereocenters. The quantitative estimate of drug-likeness (QED) is 0.826. The van der Waals surface area contributed by atoms with Crippen LogP contribution in [0.25, 0.3) is 10.9 Å². The van der Waals surface area contributed by atoms with Gasteiger partial charge in [-0.1, -0.05) is 0 Å². The lowest BCUT2D eigenvalue weighted by atomic mass is 10.2. The molecule has 112 valence electrons. The molecule has 0 fully saturated rings. The molecule has 8 heteroatoms. The molecular weight excluding hydrogens is 294 g/mol. The fourth-order valence-electron chi connectivity index (χ4n) is 1.87. The summed E-state index contributed by atoms with van der Waals surface area (Å²) < 4.78 is 31.6. The number of nitrogens with one attached hydrogen (secondary N) is 1. The number of aromatic nitrogens is 1. The van der Waals surface area contributed by atoms with Crippen LogP contribution < -0.4 is 15.2 Å². The van der Waals surface area contributed by atoms with E-state index in [1.165, 1.54) is 19.2 Å². The highest BCUT2D eigenvalue weighted by atomic mass is 32.2. The van der Waals surface area contributed by atoms with Crippen molar-refractivity contribution < 1.29 is 17.9 Å². The molecule has 3 N–H and O–H groups in total. The third kappa shape index (κ3) is 3.11. The van der Waals surface area contributed by atoms with E-state index < -0.39 is 15.9 Å². The highest BCUT2D eigenvalue weighted by Crippen LogP contribution is 2.30. The summed E-state index contributed by atoms with van der Waals surface area (Å²) in [6, 6.07) is 6.29. The van der Waals surface area contributed by atoms with Crippen LogP contribution in [-0.4, -0.2) is 33.0 Å². The Balaban J connectivity index is 2.67. The van der Waals surface area contributed by atoms with E-state index in [1.807, 2.05) is 0 Å². The first-order chi connectivity index (χ1) is 9.85. The summed E-state index contributed by atoms with van der Waals surface area (Å²) in [5, 5.41) is 0.498. The van der Waals surface area contributed by atoms with Crippen LogP contribution in [0.4, 0.5) is 0 Å². The van der Waals surface area contributed by atoms with Gasteiger partial charge in [-0.05, 0) is 38.2 Å². The van der Waals surface area contributed by atoms with Crippen LogP contribution in [-0.2, 0) is 14.8 Å². The number of pyridine rings is 1. The zero-order chi connectivity index (χ0) is 15.6. The smallest absolute Gasteiger partial charge is 0.255 e. The lowest BCUT2D eigenvalue weighted by molar-refractivity contribution is -0.119. The first kappa shape index (κ1) is 15.2. The predicted octanol–water partition coefficient (Wildman–Crippen LogP) is 0.315. The van der Waals surface area contributed by atoms with E-state index in [1.54, 1.807) is 19.1 Å². The number of primary amides is 1. The number of amides is 1. The third-order valence-corrected chi connectivity index (χ3v) is 4.29. The van der Waals surface area contributed by atoms with Crippen LogP contribution in [0.2, 0.25) is 0 Å². The lowest BCUT2D eigenvalue weighted by Crippen LogP contribution is -2.21. The number of nitrogens with two attached hydrogens (primary N) is 1. The Labute approximate surface area is 122 Å². The van der Waals surface area contributed by atoms with Gasteiger partial charge in [0.2, 0.25) is 10.0 Å². The van der Waals surface area contributed by atoms with Crippen LogP contribution >= 0.6 is 0 Å². The molecule has 7 nitrogen and oxygen atoms in total. The van der Waals surface area contributed by atoms with Crippen LogP contribution in [0.1, 0.15) is 5.69 Å². The summed E-state index contributed by atoms with van der Waals surface area (Å²) in [4.78, 5) is 15.1. The molecule has 0 bridgehead atoms. The van der Waals surface area contributed by atoms with Crippen molar-refractivity contribution in [3.63, 3.8) is 0 Å². The molecule has 1 aromatic heterocycles. The van der Waals surface area contributed by atoms with Gasteiger partial charge in [-0.2, -0.15) is 0 Å². The normalized spacial score (nSPS) is 11.5. The summed E-state index contributed by atoms with van der Waals surface area (Å²) in [7, 11) is -2.32. The predicted molar refractivity (Wildman–Crippen MR) is 77.4 cm³/mol. The number of sulfonamides is 1. The Kier molecular flexibility index (Phi) is 4.10. The average Bonchev–Trinajstić information content (AvgIpc) is 2.44. The molecular formula is C13H15N3O4S. The molecule has 0 aliphatic carbocycles. The Bertz CT molecular complexity index is 802. The Morgan fingerprint density at radius 3 is 2.67 bits per heavy atom. The minimum absolute atomic E-state index is 0.0510. The maximum Gasteiger partial charge on any atom is 0.255 e. The standard InChI is InChI=1S/C13H15N3O4S/c1-8-3-4-9-10(20-7-12(14)17)5-6-11(13(9)16-8)21(18,19)15-2/h3-6,15H,7H2,1-2H3,(H2,14,17). The number of carbonyl (C=O) groups is 1. The van der Waals surface area contributed by atoms with E-state index in [9.17, 15) is 13.2 Å². The number of benzene rings is 1. The minimum atomic E-state index is -3.65. The van der Waals surface area contributed by atoms with Gasteiger partial charge in [0.1, 0.15) is 10.6 Å². The topological polar surface area (TPSA) is 111 Å². The zero-order valence-corrected chi connectivity index (χ0v) is 12.4. The first-order valence-corrected chi connectivity index (χ1v) is 7.58. The third-order valence-electron chi connectivity index (χ3n) is 2.85. The molecule has 0 unspecified atom stereocenters. The van der Waals surface area contributed by atoms with E-state index in [2.05, 4.69) is 9.71 Å². The van der Waals surface area contributed by atoms with Crippen LogP contribution in [0, 0.1) is 6.92 Å². The van der Waals surface area contributed by atoms with Gasteiger partial charge in [0.15, 0.2) is 6.61 Å². The van der Waals surface area contributed by atoms with Gasteiger partial charge < -0.3 is 10.5 Å². The van der Waals surface area contributed by atoms with E-state index in [0.29, 0.717) is 16.8 Å². The molecule has 1 aromatic carbocycles. The summed E-state index contributed by atoms with van der Waals surface area (Å²) >= 11 is 0. The monoisotopic (exact) mass is 309 g/mol. The van der Waals surface area contributed by atoms with Gasteiger partial charge in [0.05, 0.1) is 5.52 Å². The summed E-state index contributed by atoms with van der Waals surface area (Å²) in [6.07, 6.45) is 0. The summed E-state index contributed by atoms with van der Waals surface area (Å²) in [5.41, 5.74) is 6.00. The zero-order valence-electron chi connectivity index (χ0n) is 11.6. The highest BCUT2D eigenvalue weighted by molar-refractivity contribution is 7.89. The van der Waals surface area contributed by atoms with Gasteiger partial charge in [0.25, 0.3) is 5.91 Å². The molecule has 21 heavy (non-hydrogen) atoms. The second-order valence-corrected chi connectivity index (χ2v) is 6.23. The van der Waals surface area contributed by atoms with Crippen LogP contribution in [0.15, 0.2) is 29.2 Å². The molecule has 0 radical (unpaired) electrons. The Morgan fingerprint density at radius 2 is 2.05 bits per heavy atom. The van der Waals surface area contributed by atoms with Crippen molar-refractivity contribution >= 4 is 26.8 Å². The SMILES string of the molecule is CNS(=O)(=O)c1ccc(OCC(N)=O)c2ccc(C)nc12. The molecule has 0 spiro atoms. The van der Waals surface area contributed by atoms with Crippen molar-refractivity contribution in [3.05, 3.63) is 30.0 Å². The van der Waals surface area contributed by atoms with Gasteiger partial charge >= 0.3 is 0 Å². The molecule has 0 saturated heterocycles. The maximum absolute atomic E-state index is 12.0. The van der Waals surface area contributed by atoms with Gasteiger partial charge in [-0.3, -0.25) is 9.78 Å². The molecule has 0 aliphatic heterocycles. The van der Waals surface area contributed by atoms with Crippen molar-refractivity contribution in [2.24, 2.45) is 5.73 Å². The Hall–Kier alpha value is -2.19. The number of nitrogens with zero attached hydrogens (tertiary/aromatic N) is 1. The number of fused-ring (bicyclic) bond motifs is 1. The van der Waals surface area contributed by atoms with Crippen molar-refractivity contribution in [1.29, 1.82) is 0 Å². The van der Waals surface area contributed by atoms with Gasteiger partial charge in [-0.15, -0.1) is 0 Å². The van der Waals surface area contributed by atoms with E-state index in [-0.39, 0.29) is 17.0 Å². The minimum Gasteiger partial charge on any atom is -0.483 e. The van der Waals surface area contributed by atoms with E-state index in [0.717, 1.165) is 0 Å². The first-order valence-electron chi connectivity index (χ1n) is 6.10. The van der Waals surface area contributed by atoms with Crippen molar-refractivity contribution in [2.75, 3.05) is 13.7 Å². The fourth-order valence-corrected chi connectivity index (χ4v) is 2.74. The number of hydrogen-bond donors (Lipinski definition) is 2. The van der Waals surface area contributed by atoms with E-state index in [4.69, 9.17) is 10.5 Å². The maximum atomic E-state index is 12.0. The number of aryl methyl sites for hydroxylation is 1. The number of ether oxygens (including phenoxy) is 1. The molecule has 2 rings (SSSR count). The second-order valence-electron chi connectivity index (χ2n) is 4.37. The molecule has 1 amide bonds. The summed E-state index contributed by atoms with van der Waals surface area (Å²) in [5.74, 6) is -0.263. The number of rotatable bonds is 5. The van der Waals surface area contributed by atoms with Crippen LogP contribution in [0.5, 0.6) is 5.75 Å². The van der Waals surface area contributed by atoms with Gasteiger partial charge in [-0.25, -0.2) is 13.1 Å². The molecule has 2 aromatic rings. The fraction of sp³-hybridized carbons (Fsp3) is 0.231. The molecule has 0 aliphatic rings. The Morgan fingerprint density at radius 1 is 1.33 bits per heavy atom. The number of hydrogen-bond acceptors (Lipinski definition) is 5. The summed E-state index contributed by atoms with van der Waals surface area (Å²) in [6.45, 7) is 1.47.